The van der Waals surface area contributed by atoms with Crippen LogP contribution in [-0.4, -0.2) is 14.9 Å². The Bertz CT molecular complexity index is 627. The molecule has 0 unspecified atom stereocenters. The Labute approximate surface area is 112 Å². The fourth-order valence-electron chi connectivity index (χ4n) is 1.65. The van der Waals surface area contributed by atoms with Crippen LogP contribution < -0.4 is 0 Å². The van der Waals surface area contributed by atoms with E-state index in [0.717, 1.165) is 6.07 Å². The molecule has 0 radical (unpaired) electrons. The van der Waals surface area contributed by atoms with Gasteiger partial charge in [0.15, 0.2) is 5.82 Å². The molecule has 3 nitrogen and oxygen atoms in total. The van der Waals surface area contributed by atoms with E-state index in [1.54, 1.807) is 18.3 Å². The van der Waals surface area contributed by atoms with Crippen molar-refractivity contribution in [3.05, 3.63) is 47.7 Å². The molecule has 1 aromatic heterocycles. The van der Waals surface area contributed by atoms with Gasteiger partial charge in [0.2, 0.25) is 0 Å². The minimum Gasteiger partial charge on any atom is -0.266 e. The molecule has 0 aliphatic carbocycles. The summed E-state index contributed by atoms with van der Waals surface area (Å²) < 4.78 is 39.8. The minimum atomic E-state index is -4.38. The smallest absolute Gasteiger partial charge is 0.266 e. The number of nitrogens with zero attached hydrogens (tertiary/aromatic N) is 3. The highest BCUT2D eigenvalue weighted by molar-refractivity contribution is 7.78. The SMILES string of the molecule is FC(F)(F)c1ccccc1Cn1ccc(N=C=S)n1. The number of halogens is 3. The Morgan fingerprint density at radius 3 is 2.68 bits per heavy atom. The maximum absolute atomic E-state index is 12.8. The van der Waals surface area contributed by atoms with Gasteiger partial charge in [-0.05, 0) is 23.8 Å². The van der Waals surface area contributed by atoms with Crippen molar-refractivity contribution < 1.29 is 13.2 Å². The molecule has 0 saturated heterocycles. The molecular formula is C12H8F3N3S. The predicted octanol–water partition coefficient (Wildman–Crippen LogP) is 3.68. The quantitative estimate of drug-likeness (QED) is 0.635. The maximum Gasteiger partial charge on any atom is 0.416 e. The molecule has 0 fully saturated rings. The van der Waals surface area contributed by atoms with Crippen LogP contribution in [0.2, 0.25) is 0 Å². The van der Waals surface area contributed by atoms with Gasteiger partial charge < -0.3 is 0 Å². The molecule has 2 rings (SSSR count). The predicted molar refractivity (Wildman–Crippen MR) is 67.5 cm³/mol. The molecule has 0 bridgehead atoms. The lowest BCUT2D eigenvalue weighted by Gasteiger charge is -2.12. The topological polar surface area (TPSA) is 30.2 Å². The monoisotopic (exact) mass is 283 g/mol. The lowest BCUT2D eigenvalue weighted by atomic mass is 10.1. The van der Waals surface area contributed by atoms with Gasteiger partial charge in [0.25, 0.3) is 0 Å². The lowest BCUT2D eigenvalue weighted by molar-refractivity contribution is -0.138. The van der Waals surface area contributed by atoms with Crippen LogP contribution in [0.25, 0.3) is 0 Å². The second-order valence-corrected chi connectivity index (χ2v) is 3.91. The molecule has 0 amide bonds. The highest BCUT2D eigenvalue weighted by Crippen LogP contribution is 2.32. The first-order valence-corrected chi connectivity index (χ1v) is 5.68. The van der Waals surface area contributed by atoms with E-state index in [0.29, 0.717) is 5.82 Å². The van der Waals surface area contributed by atoms with Gasteiger partial charge in [0, 0.05) is 12.3 Å². The van der Waals surface area contributed by atoms with E-state index >= 15 is 0 Å². The zero-order valence-electron chi connectivity index (χ0n) is 9.55. The molecule has 0 aliphatic rings. The Morgan fingerprint density at radius 1 is 1.26 bits per heavy atom. The van der Waals surface area contributed by atoms with E-state index in [1.807, 2.05) is 0 Å². The molecular weight excluding hydrogens is 275 g/mol. The van der Waals surface area contributed by atoms with Crippen LogP contribution in [0.3, 0.4) is 0 Å². The molecule has 2 aromatic rings. The average Bonchev–Trinajstić information content (AvgIpc) is 2.76. The van der Waals surface area contributed by atoms with Crippen molar-refractivity contribution in [2.24, 2.45) is 4.99 Å². The molecule has 0 spiro atoms. The zero-order valence-corrected chi connectivity index (χ0v) is 10.4. The normalized spacial score (nSPS) is 11.1. The number of rotatable bonds is 3. The maximum atomic E-state index is 12.8. The third kappa shape index (κ3) is 3.27. The molecule has 7 heteroatoms. The Kier molecular flexibility index (Phi) is 3.78. The number of thiocarbonyl (C=S) groups is 1. The van der Waals surface area contributed by atoms with E-state index in [9.17, 15) is 13.2 Å². The van der Waals surface area contributed by atoms with Crippen LogP contribution in [0.4, 0.5) is 19.0 Å². The standard InChI is InChI=1S/C12H8F3N3S/c13-12(14,15)10-4-2-1-3-9(10)7-18-6-5-11(17-18)16-8-19/h1-6H,7H2. The number of isothiocyanates is 1. The number of hydrogen-bond acceptors (Lipinski definition) is 3. The third-order valence-electron chi connectivity index (χ3n) is 2.44. The Balaban J connectivity index is 2.30. The number of alkyl halides is 3. The van der Waals surface area contributed by atoms with Gasteiger partial charge in [-0.15, -0.1) is 0 Å². The first kappa shape index (κ1) is 13.5. The molecule has 1 heterocycles. The Hall–Kier alpha value is -1.98. The van der Waals surface area contributed by atoms with Gasteiger partial charge in [0.05, 0.1) is 17.3 Å². The van der Waals surface area contributed by atoms with Gasteiger partial charge in [-0.1, -0.05) is 18.2 Å². The molecule has 0 aliphatic heterocycles. The van der Waals surface area contributed by atoms with Crippen LogP contribution in [0.15, 0.2) is 41.5 Å². The van der Waals surface area contributed by atoms with E-state index in [-0.39, 0.29) is 12.1 Å². The molecule has 0 saturated carbocycles. The zero-order chi connectivity index (χ0) is 13.9. The van der Waals surface area contributed by atoms with Gasteiger partial charge in [-0.25, -0.2) is 0 Å². The first-order chi connectivity index (χ1) is 9.00. The fraction of sp³-hybridized carbons (Fsp3) is 0.167. The summed E-state index contributed by atoms with van der Waals surface area (Å²) >= 11 is 4.43. The summed E-state index contributed by atoms with van der Waals surface area (Å²) in [4.78, 5) is 3.65. The second kappa shape index (κ2) is 5.34. The van der Waals surface area contributed by atoms with Gasteiger partial charge >= 0.3 is 6.18 Å². The van der Waals surface area contributed by atoms with Crippen molar-refractivity contribution in [2.45, 2.75) is 12.7 Å². The second-order valence-electron chi connectivity index (χ2n) is 3.73. The molecule has 19 heavy (non-hydrogen) atoms. The summed E-state index contributed by atoms with van der Waals surface area (Å²) in [5.74, 6) is 0.319. The lowest BCUT2D eigenvalue weighted by Crippen LogP contribution is -2.11. The van der Waals surface area contributed by atoms with Crippen LogP contribution in [0.5, 0.6) is 0 Å². The van der Waals surface area contributed by atoms with Crippen molar-refractivity contribution in [1.29, 1.82) is 0 Å². The molecule has 0 atom stereocenters. The summed E-state index contributed by atoms with van der Waals surface area (Å²) in [6, 6.07) is 6.94. The summed E-state index contributed by atoms with van der Waals surface area (Å²) in [5.41, 5.74) is -0.513. The van der Waals surface area contributed by atoms with Crippen LogP contribution >= 0.6 is 12.2 Å². The van der Waals surface area contributed by atoms with Crippen molar-refractivity contribution in [3.63, 3.8) is 0 Å². The number of aromatic nitrogens is 2. The van der Waals surface area contributed by atoms with Crippen molar-refractivity contribution in [1.82, 2.24) is 9.78 Å². The van der Waals surface area contributed by atoms with Crippen molar-refractivity contribution in [2.75, 3.05) is 0 Å². The van der Waals surface area contributed by atoms with Crippen LogP contribution in [-0.2, 0) is 12.7 Å². The van der Waals surface area contributed by atoms with Crippen molar-refractivity contribution in [3.8, 4) is 0 Å². The van der Waals surface area contributed by atoms with E-state index in [1.165, 1.54) is 16.8 Å². The largest absolute Gasteiger partial charge is 0.416 e. The van der Waals surface area contributed by atoms with Crippen LogP contribution in [0, 0.1) is 0 Å². The number of hydrogen-bond donors (Lipinski definition) is 0. The van der Waals surface area contributed by atoms with Gasteiger partial charge in [-0.3, -0.25) is 4.68 Å². The average molecular weight is 283 g/mol. The third-order valence-corrected chi connectivity index (χ3v) is 2.53. The van der Waals surface area contributed by atoms with E-state index in [4.69, 9.17) is 0 Å². The van der Waals surface area contributed by atoms with E-state index < -0.39 is 11.7 Å². The summed E-state index contributed by atoms with van der Waals surface area (Å²) in [6.07, 6.45) is -2.84. The van der Waals surface area contributed by atoms with Gasteiger partial charge in [-0.2, -0.15) is 23.3 Å². The number of benzene rings is 1. The summed E-state index contributed by atoms with van der Waals surface area (Å²) in [6.45, 7) is 0.0165. The molecule has 98 valence electrons. The molecule has 1 aromatic carbocycles. The van der Waals surface area contributed by atoms with Crippen molar-refractivity contribution >= 4 is 23.2 Å². The highest BCUT2D eigenvalue weighted by Gasteiger charge is 2.32. The Morgan fingerprint density at radius 2 is 2.00 bits per heavy atom. The van der Waals surface area contributed by atoms with E-state index in [2.05, 4.69) is 27.5 Å². The summed E-state index contributed by atoms with van der Waals surface area (Å²) in [5, 5.41) is 6.12. The fourth-order valence-corrected chi connectivity index (χ4v) is 1.75. The minimum absolute atomic E-state index is 0.0165. The number of aliphatic imine (C=N–C) groups is 1. The van der Waals surface area contributed by atoms with Gasteiger partial charge in [0.1, 0.15) is 0 Å². The summed E-state index contributed by atoms with van der Waals surface area (Å²) in [7, 11) is 0. The highest BCUT2D eigenvalue weighted by atomic mass is 32.1. The first-order valence-electron chi connectivity index (χ1n) is 5.27. The van der Waals surface area contributed by atoms with Crippen LogP contribution in [0.1, 0.15) is 11.1 Å². The molecule has 0 N–H and O–H groups in total.